The van der Waals surface area contributed by atoms with Gasteiger partial charge in [-0.25, -0.2) is 5.43 Å². The van der Waals surface area contributed by atoms with E-state index in [-0.39, 0.29) is 19.1 Å². The highest BCUT2D eigenvalue weighted by Crippen LogP contribution is 2.39. The fraction of sp³-hybridized carbons (Fsp3) is 0.250. The lowest BCUT2D eigenvalue weighted by atomic mass is 10.2. The maximum atomic E-state index is 12.3. The van der Waals surface area contributed by atoms with Crippen LogP contribution in [0.4, 0.5) is 5.69 Å². The molecule has 0 atom stereocenters. The second-order valence-corrected chi connectivity index (χ2v) is 5.95. The van der Waals surface area contributed by atoms with Gasteiger partial charge in [0.1, 0.15) is 12.3 Å². The highest BCUT2D eigenvalue weighted by molar-refractivity contribution is 6.02. The SMILES string of the molecule is COc1ccc(/C=N\NC(=O)CN2C(=O)COc3ccccc32)c(OC)c1OC. The summed E-state index contributed by atoms with van der Waals surface area (Å²) in [5, 5.41) is 3.96. The van der Waals surface area contributed by atoms with Crippen LogP contribution in [0.5, 0.6) is 23.0 Å². The van der Waals surface area contributed by atoms with Gasteiger partial charge in [0, 0.05) is 5.56 Å². The van der Waals surface area contributed by atoms with Crippen molar-refractivity contribution in [3.8, 4) is 23.0 Å². The Bertz CT molecular complexity index is 944. The van der Waals surface area contributed by atoms with E-state index in [0.29, 0.717) is 34.2 Å². The Balaban J connectivity index is 1.70. The van der Waals surface area contributed by atoms with Crippen molar-refractivity contribution in [1.29, 1.82) is 0 Å². The van der Waals surface area contributed by atoms with Crippen LogP contribution in [0, 0.1) is 0 Å². The molecule has 2 aromatic carbocycles. The molecule has 0 saturated heterocycles. The molecular weight excluding hydrogens is 378 g/mol. The minimum Gasteiger partial charge on any atom is -0.493 e. The van der Waals surface area contributed by atoms with Gasteiger partial charge in [-0.1, -0.05) is 12.1 Å². The van der Waals surface area contributed by atoms with Crippen molar-refractivity contribution in [2.75, 3.05) is 39.4 Å². The fourth-order valence-electron chi connectivity index (χ4n) is 2.91. The number of nitrogens with zero attached hydrogens (tertiary/aromatic N) is 2. The molecule has 0 unspecified atom stereocenters. The van der Waals surface area contributed by atoms with E-state index >= 15 is 0 Å². The lowest BCUT2D eigenvalue weighted by molar-refractivity contribution is -0.125. The van der Waals surface area contributed by atoms with Crippen LogP contribution in [0.1, 0.15) is 5.56 Å². The first kappa shape index (κ1) is 20.0. The molecule has 0 bridgehead atoms. The summed E-state index contributed by atoms with van der Waals surface area (Å²) in [6, 6.07) is 10.5. The molecule has 1 aliphatic rings. The molecule has 0 fully saturated rings. The summed E-state index contributed by atoms with van der Waals surface area (Å²) in [7, 11) is 4.52. The van der Waals surface area contributed by atoms with Gasteiger partial charge in [0.05, 0.1) is 33.2 Å². The number of amides is 2. The Morgan fingerprint density at radius 3 is 2.62 bits per heavy atom. The molecule has 9 nitrogen and oxygen atoms in total. The van der Waals surface area contributed by atoms with Gasteiger partial charge in [-0.15, -0.1) is 0 Å². The van der Waals surface area contributed by atoms with Gasteiger partial charge in [0.25, 0.3) is 11.8 Å². The van der Waals surface area contributed by atoms with E-state index in [2.05, 4.69) is 10.5 Å². The molecule has 0 radical (unpaired) electrons. The highest BCUT2D eigenvalue weighted by Gasteiger charge is 2.26. The Kier molecular flexibility index (Phi) is 6.18. The molecule has 152 valence electrons. The average molecular weight is 399 g/mol. The first-order valence-corrected chi connectivity index (χ1v) is 8.72. The van der Waals surface area contributed by atoms with E-state index in [1.54, 1.807) is 36.4 Å². The number of hydrogen-bond acceptors (Lipinski definition) is 7. The summed E-state index contributed by atoms with van der Waals surface area (Å²) in [6.07, 6.45) is 1.42. The van der Waals surface area contributed by atoms with Crippen LogP contribution >= 0.6 is 0 Å². The Labute approximate surface area is 167 Å². The van der Waals surface area contributed by atoms with E-state index in [0.717, 1.165) is 0 Å². The molecule has 2 amide bonds. The zero-order valence-corrected chi connectivity index (χ0v) is 16.3. The molecule has 0 saturated carbocycles. The second kappa shape index (κ2) is 8.96. The smallest absolute Gasteiger partial charge is 0.265 e. The van der Waals surface area contributed by atoms with Crippen molar-refractivity contribution in [3.05, 3.63) is 42.0 Å². The molecule has 29 heavy (non-hydrogen) atoms. The van der Waals surface area contributed by atoms with Crippen molar-refractivity contribution in [3.63, 3.8) is 0 Å². The molecule has 1 aliphatic heterocycles. The van der Waals surface area contributed by atoms with Crippen LogP contribution < -0.4 is 29.3 Å². The average Bonchev–Trinajstić information content (AvgIpc) is 2.75. The summed E-state index contributed by atoms with van der Waals surface area (Å²) < 4.78 is 21.3. The molecule has 3 rings (SSSR count). The molecule has 0 aromatic heterocycles. The number of rotatable bonds is 7. The molecule has 0 aliphatic carbocycles. The zero-order chi connectivity index (χ0) is 20.8. The van der Waals surface area contributed by atoms with Gasteiger partial charge in [-0.3, -0.25) is 14.5 Å². The van der Waals surface area contributed by atoms with Gasteiger partial charge in [0.15, 0.2) is 18.1 Å². The first-order chi connectivity index (χ1) is 14.1. The summed E-state index contributed by atoms with van der Waals surface area (Å²) in [4.78, 5) is 25.8. The van der Waals surface area contributed by atoms with Crippen molar-refractivity contribution in [2.45, 2.75) is 0 Å². The van der Waals surface area contributed by atoms with E-state index in [9.17, 15) is 9.59 Å². The van der Waals surface area contributed by atoms with Crippen LogP contribution in [-0.4, -0.2) is 52.5 Å². The van der Waals surface area contributed by atoms with Crippen LogP contribution in [0.2, 0.25) is 0 Å². The van der Waals surface area contributed by atoms with Crippen molar-refractivity contribution >= 4 is 23.7 Å². The van der Waals surface area contributed by atoms with Gasteiger partial charge in [-0.2, -0.15) is 5.10 Å². The molecule has 1 N–H and O–H groups in total. The summed E-state index contributed by atoms with van der Waals surface area (Å²) >= 11 is 0. The third-order valence-electron chi connectivity index (χ3n) is 4.24. The van der Waals surface area contributed by atoms with Crippen LogP contribution in [0.3, 0.4) is 0 Å². The van der Waals surface area contributed by atoms with Crippen molar-refractivity contribution in [1.82, 2.24) is 5.43 Å². The molecule has 1 heterocycles. The third-order valence-corrected chi connectivity index (χ3v) is 4.24. The third kappa shape index (κ3) is 4.23. The van der Waals surface area contributed by atoms with Gasteiger partial charge < -0.3 is 18.9 Å². The predicted molar refractivity (Wildman–Crippen MR) is 106 cm³/mol. The number of fused-ring (bicyclic) bond motifs is 1. The highest BCUT2D eigenvalue weighted by atomic mass is 16.5. The zero-order valence-electron chi connectivity index (χ0n) is 16.3. The minimum absolute atomic E-state index is 0.115. The largest absolute Gasteiger partial charge is 0.493 e. The number of carbonyl (C=O) groups excluding carboxylic acids is 2. The Morgan fingerprint density at radius 1 is 1.14 bits per heavy atom. The normalized spacial score (nSPS) is 12.9. The number of hydrogen-bond donors (Lipinski definition) is 1. The lowest BCUT2D eigenvalue weighted by Gasteiger charge is -2.28. The number of carbonyl (C=O) groups is 2. The summed E-state index contributed by atoms with van der Waals surface area (Å²) in [5.41, 5.74) is 3.54. The monoisotopic (exact) mass is 399 g/mol. The van der Waals surface area contributed by atoms with Gasteiger partial charge in [0.2, 0.25) is 5.75 Å². The van der Waals surface area contributed by atoms with Crippen molar-refractivity contribution in [2.24, 2.45) is 5.10 Å². The van der Waals surface area contributed by atoms with Gasteiger partial charge >= 0.3 is 0 Å². The quantitative estimate of drug-likeness (QED) is 0.561. The van der Waals surface area contributed by atoms with Crippen LogP contribution in [0.25, 0.3) is 0 Å². The topological polar surface area (TPSA) is 98.7 Å². The summed E-state index contributed by atoms with van der Waals surface area (Å²) in [6.45, 7) is -0.296. The summed E-state index contributed by atoms with van der Waals surface area (Å²) in [5.74, 6) is 1.14. The van der Waals surface area contributed by atoms with E-state index in [4.69, 9.17) is 18.9 Å². The molecular formula is C20H21N3O6. The number of hydrazone groups is 1. The lowest BCUT2D eigenvalue weighted by Crippen LogP contribution is -2.44. The number of anilines is 1. The molecule has 9 heteroatoms. The van der Waals surface area contributed by atoms with Crippen LogP contribution in [-0.2, 0) is 9.59 Å². The molecule has 2 aromatic rings. The number of methoxy groups -OCH3 is 3. The molecule has 0 spiro atoms. The predicted octanol–water partition coefficient (Wildman–Crippen LogP) is 1.59. The second-order valence-electron chi connectivity index (χ2n) is 5.95. The minimum atomic E-state index is -0.453. The standard InChI is InChI=1S/C20H21N3O6/c1-26-16-9-8-13(19(27-2)20(16)28-3)10-21-22-17(24)11-23-14-6-4-5-7-15(14)29-12-18(23)25/h4-10H,11-12H2,1-3H3,(H,22,24)/b21-10-. The number of nitrogens with one attached hydrogen (secondary N) is 1. The Hall–Kier alpha value is -3.75. The van der Waals surface area contributed by atoms with Crippen molar-refractivity contribution < 1.29 is 28.5 Å². The van der Waals surface area contributed by atoms with Crippen LogP contribution in [0.15, 0.2) is 41.5 Å². The van der Waals surface area contributed by atoms with Gasteiger partial charge in [-0.05, 0) is 24.3 Å². The maximum absolute atomic E-state index is 12.3. The van der Waals surface area contributed by atoms with E-state index in [1.807, 2.05) is 0 Å². The van der Waals surface area contributed by atoms with E-state index < -0.39 is 5.91 Å². The van der Waals surface area contributed by atoms with E-state index in [1.165, 1.54) is 32.4 Å². The Morgan fingerprint density at radius 2 is 1.90 bits per heavy atom. The number of benzene rings is 2. The number of para-hydroxylation sites is 2. The first-order valence-electron chi connectivity index (χ1n) is 8.72. The fourth-order valence-corrected chi connectivity index (χ4v) is 2.91. The number of ether oxygens (including phenoxy) is 4. The maximum Gasteiger partial charge on any atom is 0.265 e.